The number of likely N-dealkylation sites (tertiary alicyclic amines) is 1. The Morgan fingerprint density at radius 2 is 1.62 bits per heavy atom. The molecule has 4 rings (SSSR count). The molecule has 7 heteroatoms. The van der Waals surface area contributed by atoms with Gasteiger partial charge in [-0.1, -0.05) is 42.5 Å². The number of imide groups is 1. The van der Waals surface area contributed by atoms with Crippen molar-refractivity contribution in [3.63, 3.8) is 0 Å². The summed E-state index contributed by atoms with van der Waals surface area (Å²) in [6.45, 7) is 6.62. The standard InChI is InChI=1S/C22H31N5O2/c1-24-12-9-22(10-13-24)20(28)27(21(29)23-22)18-26-16-14-25(15-17-26)11-5-8-19-6-3-2-4-7-19/h2-8H,9-18H2,1H3,(H,23,29). The van der Waals surface area contributed by atoms with Gasteiger partial charge in [-0.25, -0.2) is 9.69 Å². The van der Waals surface area contributed by atoms with Crippen LogP contribution in [0.15, 0.2) is 36.4 Å². The second-order valence-electron chi connectivity index (χ2n) is 8.42. The van der Waals surface area contributed by atoms with Crippen molar-refractivity contribution in [1.82, 2.24) is 24.9 Å². The van der Waals surface area contributed by atoms with Crippen molar-refractivity contribution in [1.29, 1.82) is 0 Å². The van der Waals surface area contributed by atoms with Crippen LogP contribution in [-0.4, -0.2) is 96.6 Å². The van der Waals surface area contributed by atoms with Gasteiger partial charge < -0.3 is 10.2 Å². The quantitative estimate of drug-likeness (QED) is 0.759. The SMILES string of the molecule is CN1CCC2(CC1)NC(=O)N(CN1CCN(CC=Cc3ccccc3)CC1)C2=O. The predicted octanol–water partition coefficient (Wildman–Crippen LogP) is 1.29. The van der Waals surface area contributed by atoms with Crippen molar-refractivity contribution < 1.29 is 9.59 Å². The van der Waals surface area contributed by atoms with E-state index in [4.69, 9.17) is 0 Å². The van der Waals surface area contributed by atoms with Gasteiger partial charge in [-0.2, -0.15) is 0 Å². The molecule has 0 radical (unpaired) electrons. The van der Waals surface area contributed by atoms with Gasteiger partial charge >= 0.3 is 6.03 Å². The van der Waals surface area contributed by atoms with Crippen LogP contribution in [0.1, 0.15) is 18.4 Å². The molecule has 3 aliphatic heterocycles. The van der Waals surface area contributed by atoms with Crippen LogP contribution in [0, 0.1) is 0 Å². The molecule has 1 aromatic rings. The van der Waals surface area contributed by atoms with Crippen LogP contribution in [0.3, 0.4) is 0 Å². The van der Waals surface area contributed by atoms with Crippen molar-refractivity contribution in [2.24, 2.45) is 0 Å². The Kier molecular flexibility index (Phi) is 5.99. The Labute approximate surface area is 172 Å². The highest BCUT2D eigenvalue weighted by atomic mass is 16.2. The zero-order valence-electron chi connectivity index (χ0n) is 17.2. The van der Waals surface area contributed by atoms with Gasteiger partial charge in [0.05, 0.1) is 6.67 Å². The molecule has 0 bridgehead atoms. The number of hydrogen-bond acceptors (Lipinski definition) is 5. The summed E-state index contributed by atoms with van der Waals surface area (Å²) in [6.07, 6.45) is 5.76. The summed E-state index contributed by atoms with van der Waals surface area (Å²) >= 11 is 0. The fourth-order valence-electron chi connectivity index (χ4n) is 4.36. The van der Waals surface area contributed by atoms with E-state index in [-0.39, 0.29) is 11.9 Å². The third-order valence-electron chi connectivity index (χ3n) is 6.37. The molecule has 1 N–H and O–H groups in total. The first-order valence-electron chi connectivity index (χ1n) is 10.5. The maximum atomic E-state index is 13.0. The van der Waals surface area contributed by atoms with Crippen LogP contribution in [0.25, 0.3) is 6.08 Å². The second-order valence-corrected chi connectivity index (χ2v) is 8.42. The number of nitrogens with one attached hydrogen (secondary N) is 1. The summed E-state index contributed by atoms with van der Waals surface area (Å²) < 4.78 is 0. The minimum absolute atomic E-state index is 0.0381. The Bertz CT molecular complexity index is 750. The first-order valence-corrected chi connectivity index (χ1v) is 10.5. The van der Waals surface area contributed by atoms with Crippen molar-refractivity contribution in [2.75, 3.05) is 59.5 Å². The number of amides is 3. The molecule has 3 fully saturated rings. The second kappa shape index (κ2) is 8.65. The number of hydrogen-bond donors (Lipinski definition) is 1. The first kappa shape index (κ1) is 20.1. The number of carbonyl (C=O) groups excluding carboxylic acids is 2. The van der Waals surface area contributed by atoms with E-state index in [1.165, 1.54) is 10.5 Å². The molecule has 0 unspecified atom stereocenters. The average Bonchev–Trinajstić information content (AvgIpc) is 2.96. The van der Waals surface area contributed by atoms with Gasteiger partial charge in [0, 0.05) is 45.8 Å². The lowest BCUT2D eigenvalue weighted by Gasteiger charge is -2.37. The van der Waals surface area contributed by atoms with Crippen molar-refractivity contribution >= 4 is 18.0 Å². The Morgan fingerprint density at radius 3 is 2.31 bits per heavy atom. The molecule has 3 amide bonds. The van der Waals surface area contributed by atoms with E-state index < -0.39 is 5.54 Å². The molecule has 3 aliphatic rings. The molecule has 156 valence electrons. The summed E-state index contributed by atoms with van der Waals surface area (Å²) in [6, 6.07) is 10.1. The molecule has 1 aromatic carbocycles. The van der Waals surface area contributed by atoms with Crippen molar-refractivity contribution in [2.45, 2.75) is 18.4 Å². The number of rotatable bonds is 5. The molecule has 0 atom stereocenters. The van der Waals surface area contributed by atoms with Crippen LogP contribution in [-0.2, 0) is 4.79 Å². The third-order valence-corrected chi connectivity index (χ3v) is 6.37. The van der Waals surface area contributed by atoms with Crippen LogP contribution in [0.2, 0.25) is 0 Å². The zero-order valence-corrected chi connectivity index (χ0v) is 17.2. The first-order chi connectivity index (χ1) is 14.1. The molecule has 3 saturated heterocycles. The van der Waals surface area contributed by atoms with E-state index in [1.54, 1.807) is 0 Å². The van der Waals surface area contributed by atoms with Crippen LogP contribution in [0.4, 0.5) is 4.79 Å². The number of urea groups is 1. The molecule has 1 spiro atoms. The van der Waals surface area contributed by atoms with Gasteiger partial charge in [0.25, 0.3) is 5.91 Å². The highest BCUT2D eigenvalue weighted by Gasteiger charge is 2.52. The fourth-order valence-corrected chi connectivity index (χ4v) is 4.36. The van der Waals surface area contributed by atoms with Gasteiger partial charge in [-0.3, -0.25) is 14.6 Å². The monoisotopic (exact) mass is 397 g/mol. The summed E-state index contributed by atoms with van der Waals surface area (Å²) in [5, 5.41) is 3.00. The third kappa shape index (κ3) is 4.52. The summed E-state index contributed by atoms with van der Waals surface area (Å²) in [7, 11) is 2.06. The molecule has 0 aliphatic carbocycles. The molecule has 3 heterocycles. The van der Waals surface area contributed by atoms with Gasteiger partial charge in [0.15, 0.2) is 0 Å². The molecule has 0 saturated carbocycles. The minimum atomic E-state index is -0.673. The zero-order chi connectivity index (χ0) is 20.3. The van der Waals surface area contributed by atoms with Gasteiger partial charge in [-0.15, -0.1) is 0 Å². The van der Waals surface area contributed by atoms with E-state index in [0.29, 0.717) is 19.5 Å². The molecule has 7 nitrogen and oxygen atoms in total. The highest BCUT2D eigenvalue weighted by Crippen LogP contribution is 2.29. The smallest absolute Gasteiger partial charge is 0.323 e. The fraction of sp³-hybridized carbons (Fsp3) is 0.545. The highest BCUT2D eigenvalue weighted by molar-refractivity contribution is 6.07. The molecular weight excluding hydrogens is 366 g/mol. The van der Waals surface area contributed by atoms with E-state index in [9.17, 15) is 9.59 Å². The predicted molar refractivity (Wildman–Crippen MR) is 113 cm³/mol. The summed E-state index contributed by atoms with van der Waals surface area (Å²) in [5.74, 6) is -0.0381. The average molecular weight is 398 g/mol. The van der Waals surface area contributed by atoms with Crippen LogP contribution >= 0.6 is 0 Å². The van der Waals surface area contributed by atoms with Crippen LogP contribution < -0.4 is 5.32 Å². The topological polar surface area (TPSA) is 59.1 Å². The van der Waals surface area contributed by atoms with E-state index >= 15 is 0 Å². The summed E-state index contributed by atoms with van der Waals surface area (Å²) in [5.41, 5.74) is 0.542. The van der Waals surface area contributed by atoms with Gasteiger partial charge in [0.2, 0.25) is 0 Å². The Balaban J connectivity index is 1.25. The maximum Gasteiger partial charge on any atom is 0.326 e. The number of piperidine rings is 1. The van der Waals surface area contributed by atoms with E-state index in [2.05, 4.69) is 51.3 Å². The van der Waals surface area contributed by atoms with E-state index in [1.807, 2.05) is 18.2 Å². The van der Waals surface area contributed by atoms with Gasteiger partial charge in [-0.05, 0) is 25.5 Å². The normalized spacial score (nSPS) is 24.0. The number of nitrogens with zero attached hydrogens (tertiary/aromatic N) is 4. The van der Waals surface area contributed by atoms with Crippen LogP contribution in [0.5, 0.6) is 0 Å². The van der Waals surface area contributed by atoms with E-state index in [0.717, 1.165) is 45.8 Å². The number of piperazine rings is 1. The summed E-state index contributed by atoms with van der Waals surface area (Å²) in [4.78, 5) is 33.7. The number of benzene rings is 1. The maximum absolute atomic E-state index is 13.0. The Morgan fingerprint density at radius 1 is 0.966 bits per heavy atom. The lowest BCUT2D eigenvalue weighted by molar-refractivity contribution is -0.134. The lowest BCUT2D eigenvalue weighted by atomic mass is 9.88. The molecule has 29 heavy (non-hydrogen) atoms. The molecular formula is C22H31N5O2. The minimum Gasteiger partial charge on any atom is -0.323 e. The lowest BCUT2D eigenvalue weighted by Crippen LogP contribution is -2.55. The molecule has 0 aromatic heterocycles. The van der Waals surface area contributed by atoms with Crippen molar-refractivity contribution in [3.8, 4) is 0 Å². The Hall–Kier alpha value is -2.22. The number of carbonyl (C=O) groups is 2. The van der Waals surface area contributed by atoms with Gasteiger partial charge in [0.1, 0.15) is 5.54 Å². The van der Waals surface area contributed by atoms with Crippen molar-refractivity contribution in [3.05, 3.63) is 42.0 Å². The largest absolute Gasteiger partial charge is 0.326 e.